The van der Waals surface area contributed by atoms with Gasteiger partial charge in [0.05, 0.1) is 0 Å². The van der Waals surface area contributed by atoms with E-state index < -0.39 is 0 Å². The van der Waals surface area contributed by atoms with Gasteiger partial charge in [-0.3, -0.25) is 14.5 Å². The van der Waals surface area contributed by atoms with Crippen LogP contribution in [-0.2, 0) is 9.59 Å². The number of carbonyl (C=O) groups excluding carboxylic acids is 2. The molecule has 0 fully saturated rings. The molecule has 1 heterocycles. The maximum atomic E-state index is 11.5. The third kappa shape index (κ3) is 9.00. The first-order valence-electron chi connectivity index (χ1n) is 10.2. The van der Waals surface area contributed by atoms with Crippen LogP contribution >= 0.6 is 0 Å². The Morgan fingerprint density at radius 2 is 1.41 bits per heavy atom. The van der Waals surface area contributed by atoms with Crippen molar-refractivity contribution in [2.45, 2.75) is 77.7 Å². The summed E-state index contributed by atoms with van der Waals surface area (Å²) in [5.41, 5.74) is 0.0238. The number of nitrogens with zero attached hydrogens (tertiary/aromatic N) is 1. The lowest BCUT2D eigenvalue weighted by Gasteiger charge is -2.35. The average molecular weight is 383 g/mol. The topological polar surface area (TPSA) is 89.9 Å². The SMILES string of the molecule is CC(C)(C)NCCC(CCO)(CCO)CCCCCCN1C(=O)C=CC1=O. The number of unbranched alkanes of at least 4 members (excludes halogenated alkanes) is 3. The van der Waals surface area contributed by atoms with Crippen molar-refractivity contribution in [2.75, 3.05) is 26.3 Å². The molecular formula is C21H38N2O4. The fourth-order valence-electron chi connectivity index (χ4n) is 3.70. The molecule has 1 rings (SSSR count). The fraction of sp³-hybridized carbons (Fsp3) is 0.810. The minimum atomic E-state index is -0.212. The standard InChI is InChI=1S/C21H38N2O4/c1-20(2,3)22-14-11-21(12-16-24,13-17-25)10-6-4-5-7-15-23-18(26)8-9-19(23)27/h8-9,22,24-25H,4-7,10-17H2,1-3H3. The number of hydrogen-bond acceptors (Lipinski definition) is 5. The van der Waals surface area contributed by atoms with Crippen LogP contribution in [0.25, 0.3) is 0 Å². The van der Waals surface area contributed by atoms with Crippen LogP contribution < -0.4 is 5.32 Å². The van der Waals surface area contributed by atoms with Gasteiger partial charge in [0.25, 0.3) is 11.8 Å². The molecule has 0 aliphatic carbocycles. The predicted molar refractivity (Wildman–Crippen MR) is 107 cm³/mol. The zero-order chi connectivity index (χ0) is 20.3. The minimum absolute atomic E-state index is 0.0352. The molecule has 0 bridgehead atoms. The van der Waals surface area contributed by atoms with Crippen molar-refractivity contribution >= 4 is 11.8 Å². The maximum absolute atomic E-state index is 11.5. The van der Waals surface area contributed by atoms with E-state index in [0.717, 1.165) is 45.1 Å². The number of amides is 2. The van der Waals surface area contributed by atoms with Gasteiger partial charge in [0.2, 0.25) is 0 Å². The first-order valence-corrected chi connectivity index (χ1v) is 10.2. The van der Waals surface area contributed by atoms with Gasteiger partial charge in [0.15, 0.2) is 0 Å². The van der Waals surface area contributed by atoms with Crippen LogP contribution in [0.3, 0.4) is 0 Å². The monoisotopic (exact) mass is 382 g/mol. The van der Waals surface area contributed by atoms with Gasteiger partial charge in [-0.15, -0.1) is 0 Å². The molecule has 0 unspecified atom stereocenters. The third-order valence-corrected chi connectivity index (χ3v) is 5.33. The number of carbonyl (C=O) groups is 2. The van der Waals surface area contributed by atoms with Crippen molar-refractivity contribution in [2.24, 2.45) is 5.41 Å². The summed E-state index contributed by atoms with van der Waals surface area (Å²) in [4.78, 5) is 24.3. The zero-order valence-electron chi connectivity index (χ0n) is 17.3. The molecule has 1 aliphatic rings. The molecule has 6 heteroatoms. The highest BCUT2D eigenvalue weighted by molar-refractivity contribution is 6.12. The summed E-state index contributed by atoms with van der Waals surface area (Å²) < 4.78 is 0. The summed E-state index contributed by atoms with van der Waals surface area (Å²) in [5.74, 6) is -0.424. The average Bonchev–Trinajstić information content (AvgIpc) is 2.89. The molecule has 156 valence electrons. The van der Waals surface area contributed by atoms with Crippen molar-refractivity contribution in [3.05, 3.63) is 12.2 Å². The van der Waals surface area contributed by atoms with Gasteiger partial charge in [0, 0.05) is 37.4 Å². The molecule has 6 nitrogen and oxygen atoms in total. The Morgan fingerprint density at radius 3 is 1.93 bits per heavy atom. The highest BCUT2D eigenvalue weighted by atomic mass is 16.3. The molecule has 0 saturated carbocycles. The highest BCUT2D eigenvalue weighted by Crippen LogP contribution is 2.36. The number of nitrogens with one attached hydrogen (secondary N) is 1. The van der Waals surface area contributed by atoms with E-state index in [-0.39, 0.29) is 36.0 Å². The van der Waals surface area contributed by atoms with E-state index in [1.54, 1.807) is 0 Å². The summed E-state index contributed by atoms with van der Waals surface area (Å²) in [6, 6.07) is 0. The van der Waals surface area contributed by atoms with Crippen LogP contribution in [-0.4, -0.2) is 58.8 Å². The normalized spacial score (nSPS) is 15.2. The second kappa shape index (κ2) is 11.6. The Morgan fingerprint density at radius 1 is 0.852 bits per heavy atom. The number of imide groups is 1. The van der Waals surface area contributed by atoms with E-state index in [2.05, 4.69) is 26.1 Å². The Bertz CT molecular complexity index is 473. The second-order valence-electron chi connectivity index (χ2n) is 8.70. The number of aliphatic hydroxyl groups is 2. The summed E-state index contributed by atoms with van der Waals surface area (Å²) in [7, 11) is 0. The minimum Gasteiger partial charge on any atom is -0.396 e. The summed E-state index contributed by atoms with van der Waals surface area (Å²) in [6.45, 7) is 8.05. The largest absolute Gasteiger partial charge is 0.396 e. The quantitative estimate of drug-likeness (QED) is 0.317. The Kier molecular flexibility index (Phi) is 10.2. The molecule has 0 spiro atoms. The number of rotatable bonds is 14. The van der Waals surface area contributed by atoms with E-state index in [1.165, 1.54) is 17.1 Å². The lowest BCUT2D eigenvalue weighted by molar-refractivity contribution is -0.136. The predicted octanol–water partition coefficient (Wildman–Crippen LogP) is 2.39. The van der Waals surface area contributed by atoms with Gasteiger partial charge in [0.1, 0.15) is 0 Å². The molecule has 3 N–H and O–H groups in total. The molecule has 0 radical (unpaired) electrons. The van der Waals surface area contributed by atoms with Crippen LogP contribution in [0.1, 0.15) is 72.1 Å². The first kappa shape index (κ1) is 23.8. The lowest BCUT2D eigenvalue weighted by atomic mass is 9.74. The molecule has 0 aromatic carbocycles. The molecule has 0 aromatic heterocycles. The molecular weight excluding hydrogens is 344 g/mol. The van der Waals surface area contributed by atoms with Crippen LogP contribution in [0.5, 0.6) is 0 Å². The second-order valence-corrected chi connectivity index (χ2v) is 8.70. The van der Waals surface area contributed by atoms with Crippen molar-refractivity contribution in [3.8, 4) is 0 Å². The van der Waals surface area contributed by atoms with E-state index >= 15 is 0 Å². The molecule has 0 aromatic rings. The van der Waals surface area contributed by atoms with Gasteiger partial charge in [-0.1, -0.05) is 19.3 Å². The number of hydrogen-bond donors (Lipinski definition) is 3. The maximum Gasteiger partial charge on any atom is 0.253 e. The Balaban J connectivity index is 2.36. The van der Waals surface area contributed by atoms with E-state index in [1.807, 2.05) is 0 Å². The van der Waals surface area contributed by atoms with Crippen LogP contribution in [0.2, 0.25) is 0 Å². The van der Waals surface area contributed by atoms with Gasteiger partial charge < -0.3 is 15.5 Å². The first-order chi connectivity index (χ1) is 12.7. The lowest BCUT2D eigenvalue weighted by Crippen LogP contribution is -2.39. The fourth-order valence-corrected chi connectivity index (χ4v) is 3.70. The summed E-state index contributed by atoms with van der Waals surface area (Å²) in [5, 5.41) is 22.5. The molecule has 0 saturated heterocycles. The molecule has 0 atom stereocenters. The van der Waals surface area contributed by atoms with Crippen LogP contribution in [0.4, 0.5) is 0 Å². The Labute approximate surface area is 164 Å². The third-order valence-electron chi connectivity index (χ3n) is 5.33. The highest BCUT2D eigenvalue weighted by Gasteiger charge is 2.29. The molecule has 1 aliphatic heterocycles. The van der Waals surface area contributed by atoms with Gasteiger partial charge in [-0.2, -0.15) is 0 Å². The van der Waals surface area contributed by atoms with Gasteiger partial charge in [-0.25, -0.2) is 0 Å². The Hall–Kier alpha value is -1.24. The molecule has 2 amide bonds. The van der Waals surface area contributed by atoms with Gasteiger partial charge >= 0.3 is 0 Å². The van der Waals surface area contributed by atoms with Crippen molar-refractivity contribution in [1.29, 1.82) is 0 Å². The summed E-state index contributed by atoms with van der Waals surface area (Å²) in [6.07, 6.45) is 9.81. The van der Waals surface area contributed by atoms with E-state index in [0.29, 0.717) is 19.4 Å². The van der Waals surface area contributed by atoms with Crippen molar-refractivity contribution < 1.29 is 19.8 Å². The number of aliphatic hydroxyl groups excluding tert-OH is 2. The zero-order valence-corrected chi connectivity index (χ0v) is 17.3. The van der Waals surface area contributed by atoms with Crippen LogP contribution in [0.15, 0.2) is 12.2 Å². The molecule has 27 heavy (non-hydrogen) atoms. The van der Waals surface area contributed by atoms with E-state index in [9.17, 15) is 19.8 Å². The van der Waals surface area contributed by atoms with Crippen molar-refractivity contribution in [1.82, 2.24) is 10.2 Å². The smallest absolute Gasteiger partial charge is 0.253 e. The van der Waals surface area contributed by atoms with Gasteiger partial charge in [-0.05, 0) is 64.8 Å². The van der Waals surface area contributed by atoms with Crippen LogP contribution in [0, 0.1) is 5.41 Å². The van der Waals surface area contributed by atoms with Crippen molar-refractivity contribution in [3.63, 3.8) is 0 Å². The summed E-state index contributed by atoms with van der Waals surface area (Å²) >= 11 is 0. The van der Waals surface area contributed by atoms with E-state index in [4.69, 9.17) is 0 Å².